The maximum absolute atomic E-state index is 12.1. The van der Waals surface area contributed by atoms with Gasteiger partial charge in [0, 0.05) is 6.54 Å². The average Bonchev–Trinajstić information content (AvgIpc) is 2.79. The number of benzene rings is 2. The van der Waals surface area contributed by atoms with Gasteiger partial charge in [-0.1, -0.05) is 66.2 Å². The van der Waals surface area contributed by atoms with E-state index in [0.717, 1.165) is 30.4 Å². The van der Waals surface area contributed by atoms with Gasteiger partial charge < -0.3 is 15.7 Å². The van der Waals surface area contributed by atoms with Gasteiger partial charge in [0.1, 0.15) is 5.60 Å². The van der Waals surface area contributed by atoms with E-state index in [1.807, 2.05) is 54.6 Å². The second-order valence-corrected chi connectivity index (χ2v) is 8.01. The van der Waals surface area contributed by atoms with Crippen LogP contribution >= 0.6 is 0 Å². The Balaban J connectivity index is 1.48. The van der Waals surface area contributed by atoms with E-state index in [-0.39, 0.29) is 6.54 Å². The molecule has 1 atom stereocenters. The van der Waals surface area contributed by atoms with Crippen LogP contribution in [0.3, 0.4) is 0 Å². The van der Waals surface area contributed by atoms with Crippen LogP contribution in [0.2, 0.25) is 0 Å². The second-order valence-electron chi connectivity index (χ2n) is 8.01. The fourth-order valence-electron chi connectivity index (χ4n) is 3.64. The van der Waals surface area contributed by atoms with E-state index in [0.29, 0.717) is 12.1 Å². The molecule has 0 radical (unpaired) electrons. The summed E-state index contributed by atoms with van der Waals surface area (Å²) in [6, 6.07) is 17.5. The van der Waals surface area contributed by atoms with Crippen LogP contribution < -0.4 is 10.6 Å². The molecule has 2 amide bonds. The second kappa shape index (κ2) is 10.2. The summed E-state index contributed by atoms with van der Waals surface area (Å²) < 4.78 is 0. The van der Waals surface area contributed by atoms with Gasteiger partial charge >= 0.3 is 11.8 Å². The SMILES string of the molecule is C[C@@](O)(CNC(=O)C(=O)NCCC1=CCCCC1)c1ccc(-c2ccccc2)cc1. The molecule has 1 aliphatic carbocycles. The van der Waals surface area contributed by atoms with Crippen LogP contribution in [0, 0.1) is 0 Å². The van der Waals surface area contributed by atoms with E-state index in [1.165, 1.54) is 18.4 Å². The Bertz CT molecular complexity index is 886. The maximum atomic E-state index is 12.1. The number of allylic oxidation sites excluding steroid dienone is 1. The molecule has 30 heavy (non-hydrogen) atoms. The van der Waals surface area contributed by atoms with E-state index in [2.05, 4.69) is 16.7 Å². The summed E-state index contributed by atoms with van der Waals surface area (Å²) >= 11 is 0. The largest absolute Gasteiger partial charge is 0.384 e. The number of nitrogens with one attached hydrogen (secondary N) is 2. The third-order valence-corrected chi connectivity index (χ3v) is 5.53. The van der Waals surface area contributed by atoms with Crippen molar-refractivity contribution in [2.75, 3.05) is 13.1 Å². The first-order chi connectivity index (χ1) is 14.5. The highest BCUT2D eigenvalue weighted by Crippen LogP contribution is 2.25. The van der Waals surface area contributed by atoms with Crippen molar-refractivity contribution < 1.29 is 14.7 Å². The maximum Gasteiger partial charge on any atom is 0.309 e. The van der Waals surface area contributed by atoms with Crippen molar-refractivity contribution in [3.63, 3.8) is 0 Å². The third kappa shape index (κ3) is 6.04. The molecule has 0 saturated heterocycles. The molecular formula is C25H30N2O3. The lowest BCUT2D eigenvalue weighted by molar-refractivity contribution is -0.139. The van der Waals surface area contributed by atoms with Crippen LogP contribution in [-0.4, -0.2) is 30.0 Å². The minimum absolute atomic E-state index is 0.0465. The predicted octanol–water partition coefficient (Wildman–Crippen LogP) is 3.68. The zero-order chi connectivity index (χ0) is 21.4. The Hall–Kier alpha value is -2.92. The summed E-state index contributed by atoms with van der Waals surface area (Å²) in [5.74, 6) is -1.39. The predicted molar refractivity (Wildman–Crippen MR) is 119 cm³/mol. The third-order valence-electron chi connectivity index (χ3n) is 5.53. The first-order valence-corrected chi connectivity index (χ1v) is 10.6. The normalized spacial score (nSPS) is 15.6. The molecule has 0 aromatic heterocycles. The summed E-state index contributed by atoms with van der Waals surface area (Å²) in [6.07, 6.45) is 7.62. The number of carbonyl (C=O) groups is 2. The van der Waals surface area contributed by atoms with Crippen molar-refractivity contribution >= 4 is 11.8 Å². The van der Waals surface area contributed by atoms with Crippen LogP contribution in [0.1, 0.15) is 44.6 Å². The Labute approximate surface area is 178 Å². The first kappa shape index (κ1) is 21.8. The quantitative estimate of drug-likeness (QED) is 0.485. The van der Waals surface area contributed by atoms with Crippen molar-refractivity contribution in [1.29, 1.82) is 0 Å². The van der Waals surface area contributed by atoms with E-state index in [1.54, 1.807) is 6.92 Å². The standard InChI is InChI=1S/C25H30N2O3/c1-25(30,22-14-12-21(13-15-22)20-10-6-3-7-11-20)18-27-24(29)23(28)26-17-16-19-8-4-2-5-9-19/h3,6-8,10-15,30H,2,4-5,9,16-18H2,1H3,(H,26,28)(H,27,29)/t25-/m1/s1. The Morgan fingerprint density at radius 3 is 2.27 bits per heavy atom. The molecule has 1 aliphatic rings. The molecule has 5 nitrogen and oxygen atoms in total. The lowest BCUT2D eigenvalue weighted by Crippen LogP contribution is -2.45. The van der Waals surface area contributed by atoms with Crippen molar-refractivity contribution in [1.82, 2.24) is 10.6 Å². The van der Waals surface area contributed by atoms with E-state index in [9.17, 15) is 14.7 Å². The summed E-state index contributed by atoms with van der Waals surface area (Å²) in [5, 5.41) is 16.0. The van der Waals surface area contributed by atoms with Gasteiger partial charge in [0.15, 0.2) is 0 Å². The molecule has 0 aliphatic heterocycles. The lowest BCUT2D eigenvalue weighted by atomic mass is 9.93. The number of aliphatic hydroxyl groups is 1. The van der Waals surface area contributed by atoms with E-state index < -0.39 is 17.4 Å². The van der Waals surface area contributed by atoms with Gasteiger partial charge in [-0.05, 0) is 55.7 Å². The highest BCUT2D eigenvalue weighted by atomic mass is 16.3. The van der Waals surface area contributed by atoms with Gasteiger partial charge in [0.2, 0.25) is 0 Å². The molecule has 0 bridgehead atoms. The van der Waals surface area contributed by atoms with Gasteiger partial charge in [-0.25, -0.2) is 0 Å². The zero-order valence-electron chi connectivity index (χ0n) is 17.5. The molecule has 2 aromatic rings. The molecule has 0 spiro atoms. The highest BCUT2D eigenvalue weighted by molar-refractivity contribution is 6.35. The highest BCUT2D eigenvalue weighted by Gasteiger charge is 2.25. The Kier molecular flexibility index (Phi) is 7.41. The first-order valence-electron chi connectivity index (χ1n) is 10.6. The molecule has 0 unspecified atom stereocenters. The molecule has 5 heteroatoms. The monoisotopic (exact) mass is 406 g/mol. The smallest absolute Gasteiger partial charge is 0.309 e. The topological polar surface area (TPSA) is 78.4 Å². The van der Waals surface area contributed by atoms with E-state index >= 15 is 0 Å². The zero-order valence-corrected chi connectivity index (χ0v) is 17.5. The number of amides is 2. The van der Waals surface area contributed by atoms with Crippen LogP contribution in [0.15, 0.2) is 66.2 Å². The fourth-order valence-corrected chi connectivity index (χ4v) is 3.64. The average molecular weight is 407 g/mol. The van der Waals surface area contributed by atoms with Crippen molar-refractivity contribution in [2.24, 2.45) is 0 Å². The van der Waals surface area contributed by atoms with Gasteiger partial charge in [-0.2, -0.15) is 0 Å². The van der Waals surface area contributed by atoms with Crippen LogP contribution in [0.25, 0.3) is 11.1 Å². The number of rotatable bonds is 7. The van der Waals surface area contributed by atoms with Gasteiger partial charge in [-0.3, -0.25) is 9.59 Å². The molecule has 2 aromatic carbocycles. The molecular weight excluding hydrogens is 376 g/mol. The van der Waals surface area contributed by atoms with Crippen LogP contribution in [0.4, 0.5) is 0 Å². The van der Waals surface area contributed by atoms with Crippen molar-refractivity contribution in [3.8, 4) is 11.1 Å². The molecule has 0 fully saturated rings. The molecule has 158 valence electrons. The van der Waals surface area contributed by atoms with Crippen LogP contribution in [0.5, 0.6) is 0 Å². The molecule has 3 N–H and O–H groups in total. The summed E-state index contributed by atoms with van der Waals surface area (Å²) in [5.41, 5.74) is 2.89. The minimum atomic E-state index is -1.28. The fraction of sp³-hybridized carbons (Fsp3) is 0.360. The van der Waals surface area contributed by atoms with Crippen molar-refractivity contribution in [2.45, 2.75) is 44.6 Å². The Morgan fingerprint density at radius 2 is 1.60 bits per heavy atom. The number of hydrogen-bond acceptors (Lipinski definition) is 3. The summed E-state index contributed by atoms with van der Waals surface area (Å²) in [7, 11) is 0. The van der Waals surface area contributed by atoms with Gasteiger partial charge in [0.05, 0.1) is 6.54 Å². The van der Waals surface area contributed by atoms with Gasteiger partial charge in [0.25, 0.3) is 0 Å². The Morgan fingerprint density at radius 1 is 0.933 bits per heavy atom. The van der Waals surface area contributed by atoms with Crippen LogP contribution in [-0.2, 0) is 15.2 Å². The molecule has 3 rings (SSSR count). The number of hydrogen-bond donors (Lipinski definition) is 3. The molecule has 0 saturated carbocycles. The summed E-state index contributed by atoms with van der Waals surface area (Å²) in [4.78, 5) is 24.1. The summed E-state index contributed by atoms with van der Waals surface area (Å²) in [6.45, 7) is 2.03. The minimum Gasteiger partial charge on any atom is -0.384 e. The van der Waals surface area contributed by atoms with Crippen molar-refractivity contribution in [3.05, 3.63) is 71.8 Å². The molecule has 0 heterocycles. The lowest BCUT2D eigenvalue weighted by Gasteiger charge is -2.24. The van der Waals surface area contributed by atoms with E-state index in [4.69, 9.17) is 0 Å². The van der Waals surface area contributed by atoms with Gasteiger partial charge in [-0.15, -0.1) is 0 Å². The number of carbonyl (C=O) groups excluding carboxylic acids is 2.